The first kappa shape index (κ1) is 17.3. The summed E-state index contributed by atoms with van der Waals surface area (Å²) in [6.45, 7) is 3.50. The van der Waals surface area contributed by atoms with Crippen LogP contribution in [0.25, 0.3) is 0 Å². The number of hydrogen-bond acceptors (Lipinski definition) is 4. The zero-order chi connectivity index (χ0) is 17.6. The molecule has 1 atom stereocenters. The number of anilines is 1. The summed E-state index contributed by atoms with van der Waals surface area (Å²) in [6.07, 6.45) is 2.03. The molecular formula is C20H24N2O3. The molecule has 25 heavy (non-hydrogen) atoms. The van der Waals surface area contributed by atoms with Gasteiger partial charge in [0.05, 0.1) is 13.2 Å². The molecule has 3 rings (SSSR count). The second kappa shape index (κ2) is 8.03. The van der Waals surface area contributed by atoms with Crippen molar-refractivity contribution >= 4 is 11.6 Å². The van der Waals surface area contributed by atoms with Crippen LogP contribution in [0.5, 0.6) is 5.75 Å². The van der Waals surface area contributed by atoms with E-state index in [1.54, 1.807) is 0 Å². The Morgan fingerprint density at radius 3 is 2.56 bits per heavy atom. The first-order valence-corrected chi connectivity index (χ1v) is 8.59. The van der Waals surface area contributed by atoms with Crippen molar-refractivity contribution in [1.82, 2.24) is 0 Å². The largest absolute Gasteiger partial charge is 0.490 e. The Bertz CT molecular complexity index is 712. The molecule has 3 N–H and O–H groups in total. The van der Waals surface area contributed by atoms with Crippen LogP contribution in [-0.2, 0) is 9.53 Å². The minimum absolute atomic E-state index is 0.203. The first-order chi connectivity index (χ1) is 12.1. The summed E-state index contributed by atoms with van der Waals surface area (Å²) in [6, 6.07) is 14.7. The number of ether oxygens (including phenoxy) is 2. The fraction of sp³-hybridized carbons (Fsp3) is 0.350. The summed E-state index contributed by atoms with van der Waals surface area (Å²) in [4.78, 5) is 11.8. The van der Waals surface area contributed by atoms with Crippen LogP contribution in [0.1, 0.15) is 30.0 Å². The Morgan fingerprint density at radius 2 is 1.92 bits per heavy atom. The Morgan fingerprint density at radius 1 is 1.20 bits per heavy atom. The second-order valence-corrected chi connectivity index (χ2v) is 6.30. The molecular weight excluding hydrogens is 316 g/mol. The maximum atomic E-state index is 11.8. The van der Waals surface area contributed by atoms with Crippen molar-refractivity contribution in [3.05, 3.63) is 59.7 Å². The van der Waals surface area contributed by atoms with Gasteiger partial charge in [-0.2, -0.15) is 0 Å². The van der Waals surface area contributed by atoms with Crippen LogP contribution < -0.4 is 15.8 Å². The summed E-state index contributed by atoms with van der Waals surface area (Å²) in [7, 11) is 0. The molecule has 0 saturated carbocycles. The van der Waals surface area contributed by atoms with Gasteiger partial charge in [-0.25, -0.2) is 0 Å². The van der Waals surface area contributed by atoms with Crippen LogP contribution in [0.3, 0.4) is 0 Å². The highest BCUT2D eigenvalue weighted by atomic mass is 16.5. The van der Waals surface area contributed by atoms with E-state index in [0.29, 0.717) is 0 Å². The fourth-order valence-electron chi connectivity index (χ4n) is 2.98. The molecule has 0 unspecified atom stereocenters. The Hall–Kier alpha value is -2.53. The molecule has 5 nitrogen and oxygen atoms in total. The third-order valence-electron chi connectivity index (χ3n) is 4.37. The van der Waals surface area contributed by atoms with Gasteiger partial charge in [-0.05, 0) is 36.2 Å². The number of nitrogens with one attached hydrogen (secondary N) is 1. The number of benzene rings is 2. The van der Waals surface area contributed by atoms with E-state index < -0.39 is 11.9 Å². The van der Waals surface area contributed by atoms with Gasteiger partial charge in [0.2, 0.25) is 5.91 Å². The molecule has 1 aliphatic rings. The predicted octanol–water partition coefficient (Wildman–Crippen LogP) is 3.19. The van der Waals surface area contributed by atoms with Gasteiger partial charge in [-0.3, -0.25) is 4.79 Å². The number of carbonyl (C=O) groups is 1. The molecule has 132 valence electrons. The molecule has 0 radical (unpaired) electrons. The zero-order valence-corrected chi connectivity index (χ0v) is 14.4. The van der Waals surface area contributed by atoms with Crippen molar-refractivity contribution in [1.29, 1.82) is 0 Å². The molecule has 1 saturated heterocycles. The molecule has 0 aliphatic carbocycles. The van der Waals surface area contributed by atoms with Crippen LogP contribution in [0, 0.1) is 6.92 Å². The van der Waals surface area contributed by atoms with Crippen LogP contribution in [0.4, 0.5) is 5.69 Å². The molecule has 2 aromatic carbocycles. The lowest BCUT2D eigenvalue weighted by atomic mass is 10.1. The van der Waals surface area contributed by atoms with Gasteiger partial charge < -0.3 is 20.5 Å². The molecule has 1 amide bonds. The number of rotatable bonds is 6. The van der Waals surface area contributed by atoms with Gasteiger partial charge >= 0.3 is 0 Å². The first-order valence-electron chi connectivity index (χ1n) is 8.59. The maximum Gasteiger partial charge on any atom is 0.244 e. The van der Waals surface area contributed by atoms with Gasteiger partial charge in [-0.1, -0.05) is 30.3 Å². The minimum atomic E-state index is -0.567. The normalized spacial score (nSPS) is 16.2. The zero-order valence-electron chi connectivity index (χ0n) is 14.4. The quantitative estimate of drug-likeness (QED) is 0.847. The van der Waals surface area contributed by atoms with Crippen LogP contribution in [0.2, 0.25) is 0 Å². The molecule has 1 heterocycles. The summed E-state index contributed by atoms with van der Waals surface area (Å²) in [5.41, 5.74) is 8.27. The lowest BCUT2D eigenvalue weighted by molar-refractivity contribution is -0.118. The van der Waals surface area contributed by atoms with Crippen molar-refractivity contribution in [2.45, 2.75) is 31.9 Å². The van der Waals surface area contributed by atoms with E-state index in [2.05, 4.69) is 5.32 Å². The van der Waals surface area contributed by atoms with Gasteiger partial charge in [0.15, 0.2) is 0 Å². The molecule has 0 aromatic heterocycles. The van der Waals surface area contributed by atoms with Gasteiger partial charge in [0.1, 0.15) is 17.9 Å². The number of amides is 1. The average molecular weight is 340 g/mol. The molecule has 1 aliphatic heterocycles. The number of aryl methyl sites for hydroxylation is 1. The SMILES string of the molecule is Cc1cc(N[C@@H](C(N)=O)c2ccccc2)ccc1OC1CCOCC1. The van der Waals surface area contributed by atoms with Crippen molar-refractivity contribution in [3.63, 3.8) is 0 Å². The summed E-state index contributed by atoms with van der Waals surface area (Å²) in [5, 5.41) is 3.22. The minimum Gasteiger partial charge on any atom is -0.490 e. The molecule has 0 spiro atoms. The van der Waals surface area contributed by atoms with E-state index in [4.69, 9.17) is 15.2 Å². The third-order valence-corrected chi connectivity index (χ3v) is 4.37. The van der Waals surface area contributed by atoms with Gasteiger partial charge in [-0.15, -0.1) is 0 Å². The van der Waals surface area contributed by atoms with Crippen LogP contribution >= 0.6 is 0 Å². The van der Waals surface area contributed by atoms with E-state index in [1.807, 2.05) is 55.5 Å². The highest BCUT2D eigenvalue weighted by Crippen LogP contribution is 2.27. The third kappa shape index (κ3) is 4.51. The molecule has 5 heteroatoms. The molecule has 2 aromatic rings. The van der Waals surface area contributed by atoms with E-state index in [-0.39, 0.29) is 6.10 Å². The number of hydrogen-bond donors (Lipinski definition) is 2. The molecule has 1 fully saturated rings. The fourth-order valence-corrected chi connectivity index (χ4v) is 2.98. The van der Waals surface area contributed by atoms with Crippen molar-refractivity contribution in [2.75, 3.05) is 18.5 Å². The predicted molar refractivity (Wildman–Crippen MR) is 97.6 cm³/mol. The average Bonchev–Trinajstić information content (AvgIpc) is 2.63. The lowest BCUT2D eigenvalue weighted by Crippen LogP contribution is -2.28. The standard InChI is InChI=1S/C20H24N2O3/c1-14-13-16(7-8-18(14)25-17-9-11-24-12-10-17)22-19(20(21)23)15-5-3-2-4-6-15/h2-8,13,17,19,22H,9-12H2,1H3,(H2,21,23)/t19-/m1/s1. The highest BCUT2D eigenvalue weighted by molar-refractivity contribution is 5.84. The summed E-state index contributed by atoms with van der Waals surface area (Å²) < 4.78 is 11.4. The monoisotopic (exact) mass is 340 g/mol. The van der Waals surface area contributed by atoms with E-state index >= 15 is 0 Å². The number of carbonyl (C=O) groups excluding carboxylic acids is 1. The Balaban J connectivity index is 1.72. The van der Waals surface area contributed by atoms with Gasteiger partial charge in [0.25, 0.3) is 0 Å². The summed E-state index contributed by atoms with van der Waals surface area (Å²) in [5.74, 6) is 0.458. The number of nitrogens with two attached hydrogens (primary N) is 1. The maximum absolute atomic E-state index is 11.8. The van der Waals surface area contributed by atoms with Crippen LogP contribution in [0.15, 0.2) is 48.5 Å². The van der Waals surface area contributed by atoms with Crippen molar-refractivity contribution < 1.29 is 14.3 Å². The highest BCUT2D eigenvalue weighted by Gasteiger charge is 2.19. The topological polar surface area (TPSA) is 73.6 Å². The van der Waals surface area contributed by atoms with E-state index in [1.165, 1.54) is 0 Å². The van der Waals surface area contributed by atoms with E-state index in [0.717, 1.165) is 48.6 Å². The van der Waals surface area contributed by atoms with Crippen LogP contribution in [-0.4, -0.2) is 25.2 Å². The Labute approximate surface area is 148 Å². The van der Waals surface area contributed by atoms with Crippen molar-refractivity contribution in [2.24, 2.45) is 5.73 Å². The smallest absolute Gasteiger partial charge is 0.244 e. The van der Waals surface area contributed by atoms with E-state index in [9.17, 15) is 4.79 Å². The number of primary amides is 1. The summed E-state index contributed by atoms with van der Waals surface area (Å²) >= 11 is 0. The van der Waals surface area contributed by atoms with Crippen molar-refractivity contribution in [3.8, 4) is 5.75 Å². The lowest BCUT2D eigenvalue weighted by Gasteiger charge is -2.24. The Kier molecular flexibility index (Phi) is 5.56. The second-order valence-electron chi connectivity index (χ2n) is 6.30. The van der Waals surface area contributed by atoms with Gasteiger partial charge in [0, 0.05) is 18.5 Å². The molecule has 0 bridgehead atoms.